The monoisotopic (exact) mass is 217 g/mol. The van der Waals surface area contributed by atoms with E-state index < -0.39 is 4.92 Å². The molecule has 0 saturated carbocycles. The predicted octanol–water partition coefficient (Wildman–Crippen LogP) is 1.82. The van der Waals surface area contributed by atoms with Gasteiger partial charge in [-0.05, 0) is 24.0 Å². The van der Waals surface area contributed by atoms with Gasteiger partial charge in [-0.1, -0.05) is 6.07 Å². The van der Waals surface area contributed by atoms with E-state index in [1.807, 2.05) is 0 Å². The number of nitrogens with zero attached hydrogens (tertiary/aromatic N) is 3. The second-order valence-corrected chi connectivity index (χ2v) is 3.84. The summed E-state index contributed by atoms with van der Waals surface area (Å²) in [4.78, 5) is 11.9. The summed E-state index contributed by atoms with van der Waals surface area (Å²) in [6.45, 7) is 1.20. The Kier molecular flexibility index (Phi) is 2.73. The molecule has 1 aliphatic rings. The molecule has 0 N–H and O–H groups in total. The molecule has 2 rings (SSSR count). The molecule has 0 radical (unpaired) electrons. The Bertz CT molecular complexity index is 465. The molecule has 1 aromatic carbocycles. The van der Waals surface area contributed by atoms with Crippen molar-refractivity contribution in [2.45, 2.75) is 19.4 Å². The van der Waals surface area contributed by atoms with Crippen LogP contribution in [0.25, 0.3) is 0 Å². The van der Waals surface area contributed by atoms with Crippen LogP contribution in [0.5, 0.6) is 0 Å². The van der Waals surface area contributed by atoms with Gasteiger partial charge in [-0.25, -0.2) is 0 Å². The zero-order valence-electron chi connectivity index (χ0n) is 8.72. The van der Waals surface area contributed by atoms with Crippen LogP contribution in [0.2, 0.25) is 0 Å². The molecule has 5 heteroatoms. The molecular formula is C11H11N3O2. The van der Waals surface area contributed by atoms with Gasteiger partial charge in [-0.3, -0.25) is 10.1 Å². The molecule has 1 heterocycles. The van der Waals surface area contributed by atoms with Gasteiger partial charge in [0.15, 0.2) is 6.19 Å². The second kappa shape index (κ2) is 4.19. The van der Waals surface area contributed by atoms with Gasteiger partial charge < -0.3 is 4.90 Å². The van der Waals surface area contributed by atoms with E-state index in [4.69, 9.17) is 5.26 Å². The third-order valence-corrected chi connectivity index (χ3v) is 2.78. The van der Waals surface area contributed by atoms with Crippen LogP contribution >= 0.6 is 0 Å². The van der Waals surface area contributed by atoms with Crippen LogP contribution in [0.3, 0.4) is 0 Å². The fourth-order valence-corrected chi connectivity index (χ4v) is 1.95. The average molecular weight is 217 g/mol. The number of hydrogen-bond donors (Lipinski definition) is 0. The number of non-ortho nitro benzene ring substituents is 1. The molecule has 0 amide bonds. The molecule has 1 aromatic rings. The molecule has 1 aliphatic heterocycles. The van der Waals surface area contributed by atoms with Gasteiger partial charge in [0.25, 0.3) is 5.69 Å². The van der Waals surface area contributed by atoms with E-state index in [0.717, 1.165) is 30.5 Å². The first kappa shape index (κ1) is 10.4. The van der Waals surface area contributed by atoms with Gasteiger partial charge in [-0.2, -0.15) is 5.26 Å². The maximum Gasteiger partial charge on any atom is 0.269 e. The highest BCUT2D eigenvalue weighted by Gasteiger charge is 2.16. The lowest BCUT2D eigenvalue weighted by Gasteiger charge is -2.11. The third-order valence-electron chi connectivity index (χ3n) is 2.78. The van der Waals surface area contributed by atoms with E-state index in [-0.39, 0.29) is 5.69 Å². The van der Waals surface area contributed by atoms with Gasteiger partial charge in [0.1, 0.15) is 0 Å². The number of nitro benzene ring substituents is 1. The van der Waals surface area contributed by atoms with Gasteiger partial charge >= 0.3 is 0 Å². The Labute approximate surface area is 93.1 Å². The van der Waals surface area contributed by atoms with E-state index in [2.05, 4.69) is 6.19 Å². The Morgan fingerprint density at radius 2 is 2.25 bits per heavy atom. The van der Waals surface area contributed by atoms with E-state index in [9.17, 15) is 10.1 Å². The van der Waals surface area contributed by atoms with Gasteiger partial charge in [0, 0.05) is 18.7 Å². The summed E-state index contributed by atoms with van der Waals surface area (Å²) in [5.74, 6) is 0. The molecular weight excluding hydrogens is 206 g/mol. The van der Waals surface area contributed by atoms with Gasteiger partial charge in [-0.15, -0.1) is 0 Å². The highest BCUT2D eigenvalue weighted by Crippen LogP contribution is 2.23. The summed E-state index contributed by atoms with van der Waals surface area (Å²) in [6.07, 6.45) is 3.89. The van der Waals surface area contributed by atoms with Crippen LogP contribution in [-0.4, -0.2) is 16.4 Å². The molecule has 0 unspecified atom stereocenters. The number of aryl methyl sites for hydroxylation is 1. The Morgan fingerprint density at radius 3 is 2.94 bits per heavy atom. The number of hydrogen-bond acceptors (Lipinski definition) is 4. The van der Waals surface area contributed by atoms with Crippen LogP contribution in [-0.2, 0) is 13.0 Å². The van der Waals surface area contributed by atoms with E-state index in [0.29, 0.717) is 6.54 Å². The molecule has 82 valence electrons. The maximum absolute atomic E-state index is 10.7. The van der Waals surface area contributed by atoms with Crippen molar-refractivity contribution in [2.75, 3.05) is 6.54 Å². The second-order valence-electron chi connectivity index (χ2n) is 3.84. The zero-order valence-corrected chi connectivity index (χ0v) is 8.72. The number of nitro groups is 1. The summed E-state index contributed by atoms with van der Waals surface area (Å²) in [5.41, 5.74) is 2.11. The molecule has 0 aliphatic carbocycles. The van der Waals surface area contributed by atoms with E-state index >= 15 is 0 Å². The fraction of sp³-hybridized carbons (Fsp3) is 0.364. The van der Waals surface area contributed by atoms with Gasteiger partial charge in [0.2, 0.25) is 0 Å². The minimum absolute atomic E-state index is 0.0959. The molecule has 0 bridgehead atoms. The lowest BCUT2D eigenvalue weighted by atomic mass is 10.0. The molecule has 16 heavy (non-hydrogen) atoms. The lowest BCUT2D eigenvalue weighted by molar-refractivity contribution is -0.384. The predicted molar refractivity (Wildman–Crippen MR) is 57.4 cm³/mol. The van der Waals surface area contributed by atoms with Gasteiger partial charge in [0.05, 0.1) is 11.5 Å². The standard InChI is InChI=1S/C11H11N3O2/c12-8-13-5-1-2-9-3-4-11(14(15)16)6-10(9)7-13/h3-4,6H,1-2,5,7H2. The summed E-state index contributed by atoms with van der Waals surface area (Å²) in [7, 11) is 0. The van der Waals surface area contributed by atoms with Crippen molar-refractivity contribution in [3.63, 3.8) is 0 Å². The van der Waals surface area contributed by atoms with E-state index in [1.165, 1.54) is 6.07 Å². The summed E-state index contributed by atoms with van der Waals surface area (Å²) >= 11 is 0. The zero-order chi connectivity index (χ0) is 11.5. The molecule has 0 saturated heterocycles. The van der Waals surface area contributed by atoms with Crippen molar-refractivity contribution >= 4 is 5.69 Å². The number of nitriles is 1. The van der Waals surface area contributed by atoms with Crippen molar-refractivity contribution < 1.29 is 4.92 Å². The average Bonchev–Trinajstić information content (AvgIpc) is 2.49. The Balaban J connectivity index is 2.37. The first-order valence-electron chi connectivity index (χ1n) is 5.11. The Morgan fingerprint density at radius 1 is 1.44 bits per heavy atom. The van der Waals surface area contributed by atoms with Crippen molar-refractivity contribution in [2.24, 2.45) is 0 Å². The summed E-state index contributed by atoms with van der Waals surface area (Å²) < 4.78 is 0. The molecule has 0 spiro atoms. The third kappa shape index (κ3) is 1.96. The molecule has 0 atom stereocenters. The first-order valence-corrected chi connectivity index (χ1v) is 5.11. The Hall–Kier alpha value is -2.09. The van der Waals surface area contributed by atoms with Crippen LogP contribution in [0.4, 0.5) is 5.69 Å². The van der Waals surface area contributed by atoms with Crippen LogP contribution in [0.15, 0.2) is 18.2 Å². The summed E-state index contributed by atoms with van der Waals surface area (Å²) in [6, 6.07) is 4.90. The highest BCUT2D eigenvalue weighted by molar-refractivity contribution is 5.40. The fourth-order valence-electron chi connectivity index (χ4n) is 1.95. The largest absolute Gasteiger partial charge is 0.306 e. The quantitative estimate of drug-likeness (QED) is 0.408. The van der Waals surface area contributed by atoms with Crippen LogP contribution < -0.4 is 0 Å². The number of rotatable bonds is 1. The minimum atomic E-state index is -0.401. The maximum atomic E-state index is 10.7. The molecule has 0 fully saturated rings. The van der Waals surface area contributed by atoms with Crippen LogP contribution in [0.1, 0.15) is 17.5 Å². The van der Waals surface area contributed by atoms with E-state index in [1.54, 1.807) is 17.0 Å². The van der Waals surface area contributed by atoms with Crippen molar-refractivity contribution in [3.8, 4) is 6.19 Å². The van der Waals surface area contributed by atoms with Crippen LogP contribution in [0, 0.1) is 21.6 Å². The van der Waals surface area contributed by atoms with Crippen molar-refractivity contribution in [1.82, 2.24) is 4.90 Å². The van der Waals surface area contributed by atoms with Crippen molar-refractivity contribution in [1.29, 1.82) is 5.26 Å². The topological polar surface area (TPSA) is 70.2 Å². The minimum Gasteiger partial charge on any atom is -0.306 e. The van der Waals surface area contributed by atoms with Crippen molar-refractivity contribution in [3.05, 3.63) is 39.4 Å². The molecule has 5 nitrogen and oxygen atoms in total. The highest BCUT2D eigenvalue weighted by atomic mass is 16.6. The SMILES string of the molecule is N#CN1CCCc2ccc([N+](=O)[O-])cc2C1. The smallest absolute Gasteiger partial charge is 0.269 e. The number of benzene rings is 1. The summed E-state index contributed by atoms with van der Waals surface area (Å²) in [5, 5.41) is 19.5. The lowest BCUT2D eigenvalue weighted by Crippen LogP contribution is -2.16. The number of fused-ring (bicyclic) bond motifs is 1. The molecule has 0 aromatic heterocycles. The first-order chi connectivity index (χ1) is 7.70. The normalized spacial score (nSPS) is 14.8.